The molecule has 1 aliphatic heterocycles. The Labute approximate surface area is 239 Å². The van der Waals surface area contributed by atoms with Gasteiger partial charge in [0.05, 0.1) is 10.5 Å². The summed E-state index contributed by atoms with van der Waals surface area (Å²) in [5, 5.41) is 0.576. The second kappa shape index (κ2) is 14.7. The number of nitrogens with zero attached hydrogens (tertiary/aromatic N) is 3. The van der Waals surface area contributed by atoms with Crippen LogP contribution in [0.25, 0.3) is 11.7 Å². The Morgan fingerprint density at radius 1 is 0.895 bits per heavy atom. The van der Waals surface area contributed by atoms with Crippen LogP contribution in [0.2, 0.25) is 0 Å². The number of aromatic nitrogens is 2. The molecule has 1 aromatic carbocycles. The van der Waals surface area contributed by atoms with E-state index in [9.17, 15) is 9.59 Å². The average Bonchev–Trinajstić information content (AvgIpc) is 3.19. The van der Waals surface area contributed by atoms with E-state index >= 15 is 0 Å². The molecule has 5 nitrogen and oxygen atoms in total. The summed E-state index contributed by atoms with van der Waals surface area (Å²) in [5.74, 6) is -0.121. The van der Waals surface area contributed by atoms with Gasteiger partial charge < -0.3 is 0 Å². The quantitative estimate of drug-likeness (QED) is 0.0855. The monoisotopic (exact) mass is 565 g/mol. The third-order valence-electron chi connectivity index (χ3n) is 6.58. The standard InChI is InChI=1S/C30H35N3O2S3/c1-2-3-4-5-6-7-8-9-10-15-21-33-29(35)25(38-30(33)36)22-24-27(37-23-17-12-11-13-18-23)31-26-19-14-16-20-32(26)28(24)34/h11-14,16-20,22H,2-10,15,21H2,1H3. The van der Waals surface area contributed by atoms with Crippen molar-refractivity contribution in [2.24, 2.45) is 0 Å². The van der Waals surface area contributed by atoms with E-state index in [-0.39, 0.29) is 11.5 Å². The van der Waals surface area contributed by atoms with Crippen molar-refractivity contribution in [2.75, 3.05) is 6.54 Å². The molecule has 2 aromatic heterocycles. The first-order chi connectivity index (χ1) is 18.6. The summed E-state index contributed by atoms with van der Waals surface area (Å²) in [6.45, 7) is 2.87. The van der Waals surface area contributed by atoms with Gasteiger partial charge in [-0.05, 0) is 36.8 Å². The Kier molecular flexibility index (Phi) is 11.0. The lowest BCUT2D eigenvalue weighted by molar-refractivity contribution is -0.122. The summed E-state index contributed by atoms with van der Waals surface area (Å²) in [5.41, 5.74) is 0.776. The highest BCUT2D eigenvalue weighted by molar-refractivity contribution is 8.26. The zero-order valence-electron chi connectivity index (χ0n) is 21.9. The van der Waals surface area contributed by atoms with Gasteiger partial charge in [-0.1, -0.05) is 125 Å². The summed E-state index contributed by atoms with van der Waals surface area (Å²) >= 11 is 8.24. The van der Waals surface area contributed by atoms with Gasteiger partial charge in [-0.3, -0.25) is 18.9 Å². The number of thioether (sulfide) groups is 1. The molecule has 0 N–H and O–H groups in total. The van der Waals surface area contributed by atoms with Crippen LogP contribution in [0.5, 0.6) is 0 Å². The molecule has 0 atom stereocenters. The smallest absolute Gasteiger partial charge is 0.266 e. The number of carbonyl (C=O) groups is 1. The average molecular weight is 566 g/mol. The van der Waals surface area contributed by atoms with E-state index in [1.165, 1.54) is 79.3 Å². The minimum Gasteiger partial charge on any atom is -0.293 e. The number of benzene rings is 1. The third kappa shape index (κ3) is 7.58. The molecule has 0 saturated carbocycles. The van der Waals surface area contributed by atoms with Crippen LogP contribution in [-0.2, 0) is 4.79 Å². The molecule has 3 aromatic rings. The van der Waals surface area contributed by atoms with E-state index in [1.807, 2.05) is 42.5 Å². The molecule has 1 aliphatic rings. The van der Waals surface area contributed by atoms with E-state index in [4.69, 9.17) is 17.2 Å². The summed E-state index contributed by atoms with van der Waals surface area (Å²) < 4.78 is 2.08. The van der Waals surface area contributed by atoms with Crippen molar-refractivity contribution in [1.29, 1.82) is 0 Å². The minimum absolute atomic E-state index is 0.121. The first-order valence-corrected chi connectivity index (χ1v) is 15.6. The highest BCUT2D eigenvalue weighted by atomic mass is 32.2. The second-order valence-electron chi connectivity index (χ2n) is 9.50. The number of rotatable bonds is 14. The van der Waals surface area contributed by atoms with Crippen molar-refractivity contribution in [3.8, 4) is 0 Å². The number of fused-ring (bicyclic) bond motifs is 1. The molecule has 1 amide bonds. The van der Waals surface area contributed by atoms with E-state index in [0.717, 1.165) is 17.7 Å². The van der Waals surface area contributed by atoms with Crippen molar-refractivity contribution in [1.82, 2.24) is 14.3 Å². The zero-order valence-corrected chi connectivity index (χ0v) is 24.4. The molecular weight excluding hydrogens is 531 g/mol. The molecule has 8 heteroatoms. The fourth-order valence-corrected chi connectivity index (χ4v) is 6.67. The van der Waals surface area contributed by atoms with Gasteiger partial charge in [0.15, 0.2) is 0 Å². The Morgan fingerprint density at radius 2 is 1.55 bits per heavy atom. The SMILES string of the molecule is CCCCCCCCCCCCN1C(=O)C(=Cc2c(Sc3ccccc3)nc3ccccn3c2=O)SC1=S. The fourth-order valence-electron chi connectivity index (χ4n) is 4.47. The van der Waals surface area contributed by atoms with Crippen LogP contribution in [0.4, 0.5) is 0 Å². The number of hydrogen-bond acceptors (Lipinski definition) is 6. The van der Waals surface area contributed by atoms with Gasteiger partial charge in [0, 0.05) is 17.6 Å². The maximum absolute atomic E-state index is 13.5. The number of carbonyl (C=O) groups excluding carboxylic acids is 1. The van der Waals surface area contributed by atoms with Crippen LogP contribution in [0.1, 0.15) is 76.7 Å². The van der Waals surface area contributed by atoms with Gasteiger partial charge in [0.2, 0.25) is 0 Å². The molecule has 0 aliphatic carbocycles. The minimum atomic E-state index is -0.200. The van der Waals surface area contributed by atoms with Gasteiger partial charge in [-0.15, -0.1) is 0 Å². The predicted octanol–water partition coefficient (Wildman–Crippen LogP) is 7.97. The van der Waals surface area contributed by atoms with Crippen LogP contribution in [0.3, 0.4) is 0 Å². The number of unbranched alkanes of at least 4 members (excludes halogenated alkanes) is 9. The molecule has 38 heavy (non-hydrogen) atoms. The molecule has 0 spiro atoms. The number of hydrogen-bond donors (Lipinski definition) is 0. The molecule has 0 bridgehead atoms. The Morgan fingerprint density at radius 3 is 2.26 bits per heavy atom. The van der Waals surface area contributed by atoms with E-state index in [2.05, 4.69) is 6.92 Å². The fraction of sp³-hybridized carbons (Fsp3) is 0.400. The van der Waals surface area contributed by atoms with Crippen LogP contribution >= 0.6 is 35.7 Å². The van der Waals surface area contributed by atoms with E-state index in [1.54, 1.807) is 23.2 Å². The normalized spacial score (nSPS) is 14.8. The lowest BCUT2D eigenvalue weighted by atomic mass is 10.1. The van der Waals surface area contributed by atoms with Gasteiger partial charge >= 0.3 is 0 Å². The Hall–Kier alpha value is -2.42. The first kappa shape index (κ1) is 28.6. The van der Waals surface area contributed by atoms with Crippen LogP contribution in [0, 0.1) is 0 Å². The van der Waals surface area contributed by atoms with Crippen molar-refractivity contribution >= 4 is 57.7 Å². The van der Waals surface area contributed by atoms with Gasteiger partial charge in [-0.2, -0.15) is 0 Å². The maximum atomic E-state index is 13.5. The number of pyridine rings is 1. The molecule has 3 heterocycles. The lowest BCUT2D eigenvalue weighted by Crippen LogP contribution is -2.29. The first-order valence-electron chi connectivity index (χ1n) is 13.6. The van der Waals surface area contributed by atoms with Crippen molar-refractivity contribution < 1.29 is 4.79 Å². The van der Waals surface area contributed by atoms with Crippen LogP contribution in [0.15, 0.2) is 74.3 Å². The molecule has 0 unspecified atom stereocenters. The molecule has 200 valence electrons. The summed E-state index contributed by atoms with van der Waals surface area (Å²) in [6.07, 6.45) is 15.8. The number of thiocarbonyl (C=S) groups is 1. The lowest BCUT2D eigenvalue weighted by Gasteiger charge is -2.14. The second-order valence-corrected chi connectivity index (χ2v) is 12.2. The van der Waals surface area contributed by atoms with Crippen LogP contribution in [-0.4, -0.2) is 31.1 Å². The summed E-state index contributed by atoms with van der Waals surface area (Å²) in [6, 6.07) is 15.3. The summed E-state index contributed by atoms with van der Waals surface area (Å²) in [4.78, 5) is 34.6. The number of amides is 1. The molecule has 1 fully saturated rings. The molecule has 1 saturated heterocycles. The van der Waals surface area contributed by atoms with Crippen LogP contribution < -0.4 is 5.56 Å². The Balaban J connectivity index is 1.42. The van der Waals surface area contributed by atoms with E-state index < -0.39 is 0 Å². The topological polar surface area (TPSA) is 54.7 Å². The zero-order chi connectivity index (χ0) is 26.7. The Bertz CT molecular complexity index is 1340. The molecular formula is C30H35N3O2S3. The largest absolute Gasteiger partial charge is 0.293 e. The summed E-state index contributed by atoms with van der Waals surface area (Å²) in [7, 11) is 0. The molecule has 4 rings (SSSR count). The van der Waals surface area contributed by atoms with Gasteiger partial charge in [-0.25, -0.2) is 4.98 Å². The third-order valence-corrected chi connectivity index (χ3v) is 8.97. The van der Waals surface area contributed by atoms with Crippen molar-refractivity contribution in [3.63, 3.8) is 0 Å². The van der Waals surface area contributed by atoms with Crippen molar-refractivity contribution in [3.05, 3.63) is 75.6 Å². The van der Waals surface area contributed by atoms with Crippen molar-refractivity contribution in [2.45, 2.75) is 81.1 Å². The maximum Gasteiger partial charge on any atom is 0.266 e. The van der Waals surface area contributed by atoms with Gasteiger partial charge in [0.25, 0.3) is 11.5 Å². The van der Waals surface area contributed by atoms with E-state index in [0.29, 0.717) is 32.0 Å². The van der Waals surface area contributed by atoms with Gasteiger partial charge in [0.1, 0.15) is 15.0 Å². The highest BCUT2D eigenvalue weighted by Crippen LogP contribution is 2.35. The highest BCUT2D eigenvalue weighted by Gasteiger charge is 2.32. The molecule has 0 radical (unpaired) electrons. The predicted molar refractivity (Wildman–Crippen MR) is 164 cm³/mol.